The van der Waals surface area contributed by atoms with Crippen LogP contribution in [0.5, 0.6) is 0 Å². The molecule has 90 valence electrons. The molecule has 0 saturated carbocycles. The molecule has 0 saturated heterocycles. The van der Waals surface area contributed by atoms with Gasteiger partial charge < -0.3 is 5.73 Å². The van der Waals surface area contributed by atoms with Crippen molar-refractivity contribution in [3.63, 3.8) is 0 Å². The van der Waals surface area contributed by atoms with Gasteiger partial charge in [-0.05, 0) is 6.42 Å². The first-order chi connectivity index (χ1) is 8.22. The Bertz CT molecular complexity index is 475. The third kappa shape index (κ3) is 2.53. The lowest BCUT2D eigenvalue weighted by Gasteiger charge is -2.07. The van der Waals surface area contributed by atoms with Crippen LogP contribution in [-0.2, 0) is 7.05 Å². The highest BCUT2D eigenvalue weighted by atomic mass is 15.3. The molecule has 0 radical (unpaired) electrons. The van der Waals surface area contributed by atoms with Gasteiger partial charge in [0.25, 0.3) is 0 Å². The molecule has 1 unspecified atom stereocenters. The Hall–Kier alpha value is -1.68. The van der Waals surface area contributed by atoms with Crippen molar-refractivity contribution in [2.45, 2.75) is 25.8 Å². The van der Waals surface area contributed by atoms with Gasteiger partial charge in [-0.2, -0.15) is 5.10 Å². The molecule has 2 N–H and O–H groups in total. The lowest BCUT2D eigenvalue weighted by atomic mass is 10.1. The highest BCUT2D eigenvalue weighted by Crippen LogP contribution is 2.19. The molecule has 1 aromatic heterocycles. The molecule has 2 aromatic rings. The van der Waals surface area contributed by atoms with Gasteiger partial charge in [-0.15, -0.1) is 0 Å². The van der Waals surface area contributed by atoms with E-state index < -0.39 is 0 Å². The maximum atomic E-state index is 6.07. The molecule has 0 spiro atoms. The number of hydrogen-bond acceptors (Lipinski definition) is 3. The van der Waals surface area contributed by atoms with Gasteiger partial charge in [0.15, 0.2) is 5.82 Å². The molecular weight excluding hydrogens is 212 g/mol. The maximum absolute atomic E-state index is 6.07. The van der Waals surface area contributed by atoms with Crippen LogP contribution in [0.15, 0.2) is 30.3 Å². The van der Waals surface area contributed by atoms with Crippen LogP contribution in [0.2, 0.25) is 0 Å². The number of benzene rings is 1. The zero-order valence-electron chi connectivity index (χ0n) is 10.3. The van der Waals surface area contributed by atoms with Crippen molar-refractivity contribution in [3.8, 4) is 11.4 Å². The van der Waals surface area contributed by atoms with Crippen LogP contribution in [0.4, 0.5) is 0 Å². The summed E-state index contributed by atoms with van der Waals surface area (Å²) >= 11 is 0. The van der Waals surface area contributed by atoms with Gasteiger partial charge in [-0.25, -0.2) is 4.98 Å². The molecule has 4 nitrogen and oxygen atoms in total. The fourth-order valence-corrected chi connectivity index (χ4v) is 1.87. The first-order valence-corrected chi connectivity index (χ1v) is 5.94. The Morgan fingerprint density at radius 2 is 2.00 bits per heavy atom. The number of aryl methyl sites for hydroxylation is 1. The van der Waals surface area contributed by atoms with Crippen molar-refractivity contribution in [3.05, 3.63) is 36.2 Å². The van der Waals surface area contributed by atoms with Gasteiger partial charge in [0.05, 0.1) is 6.04 Å². The van der Waals surface area contributed by atoms with E-state index in [2.05, 4.69) is 17.0 Å². The van der Waals surface area contributed by atoms with Crippen molar-refractivity contribution >= 4 is 0 Å². The van der Waals surface area contributed by atoms with Gasteiger partial charge in [-0.1, -0.05) is 43.7 Å². The van der Waals surface area contributed by atoms with E-state index in [1.54, 1.807) is 4.68 Å². The van der Waals surface area contributed by atoms with Crippen LogP contribution >= 0.6 is 0 Å². The molecule has 1 aromatic carbocycles. The summed E-state index contributed by atoms with van der Waals surface area (Å²) in [6, 6.07) is 9.93. The summed E-state index contributed by atoms with van der Waals surface area (Å²) in [6.07, 6.45) is 1.98. The highest BCUT2D eigenvalue weighted by molar-refractivity contribution is 5.54. The van der Waals surface area contributed by atoms with Crippen LogP contribution in [0, 0.1) is 0 Å². The van der Waals surface area contributed by atoms with Gasteiger partial charge in [0, 0.05) is 12.6 Å². The first kappa shape index (κ1) is 11.8. The van der Waals surface area contributed by atoms with E-state index in [1.807, 2.05) is 37.4 Å². The number of rotatable bonds is 4. The molecule has 17 heavy (non-hydrogen) atoms. The van der Waals surface area contributed by atoms with E-state index >= 15 is 0 Å². The summed E-state index contributed by atoms with van der Waals surface area (Å²) in [6.45, 7) is 2.12. The predicted octanol–water partition coefficient (Wildman–Crippen LogP) is 2.28. The summed E-state index contributed by atoms with van der Waals surface area (Å²) in [5, 5.41) is 4.41. The third-order valence-electron chi connectivity index (χ3n) is 2.76. The topological polar surface area (TPSA) is 56.7 Å². The lowest BCUT2D eigenvalue weighted by Crippen LogP contribution is -2.15. The van der Waals surface area contributed by atoms with Crippen LogP contribution < -0.4 is 5.73 Å². The average molecular weight is 230 g/mol. The summed E-state index contributed by atoms with van der Waals surface area (Å²) in [5.41, 5.74) is 7.10. The Kier molecular flexibility index (Phi) is 3.54. The predicted molar refractivity (Wildman–Crippen MR) is 68.3 cm³/mol. The van der Waals surface area contributed by atoms with Crippen molar-refractivity contribution in [1.82, 2.24) is 14.8 Å². The molecule has 0 amide bonds. The van der Waals surface area contributed by atoms with Crippen molar-refractivity contribution in [2.24, 2.45) is 12.8 Å². The van der Waals surface area contributed by atoms with Crippen LogP contribution in [0.3, 0.4) is 0 Å². The molecular formula is C13H18N4. The minimum absolute atomic E-state index is 0.0324. The number of hydrogen-bond donors (Lipinski definition) is 1. The van der Waals surface area contributed by atoms with E-state index in [1.165, 1.54) is 0 Å². The number of nitrogens with two attached hydrogens (primary N) is 1. The molecule has 1 atom stereocenters. The zero-order chi connectivity index (χ0) is 12.3. The second-order valence-corrected chi connectivity index (χ2v) is 4.18. The minimum Gasteiger partial charge on any atom is -0.321 e. The summed E-state index contributed by atoms with van der Waals surface area (Å²) in [7, 11) is 1.89. The molecule has 4 heteroatoms. The molecule has 1 heterocycles. The molecule has 0 bridgehead atoms. The average Bonchev–Trinajstić information content (AvgIpc) is 2.73. The second-order valence-electron chi connectivity index (χ2n) is 4.18. The highest BCUT2D eigenvalue weighted by Gasteiger charge is 2.14. The smallest absolute Gasteiger partial charge is 0.181 e. The Morgan fingerprint density at radius 1 is 1.29 bits per heavy atom. The standard InChI is InChI=1S/C13H18N4/c1-3-7-11(14)13-15-12(16-17(13)2)10-8-5-4-6-9-10/h4-6,8-9,11H,3,7,14H2,1-2H3. The van der Waals surface area contributed by atoms with E-state index in [0.29, 0.717) is 0 Å². The summed E-state index contributed by atoms with van der Waals surface area (Å²) in [5.74, 6) is 1.60. The molecule has 0 aliphatic carbocycles. The van der Waals surface area contributed by atoms with Crippen LogP contribution in [-0.4, -0.2) is 14.8 Å². The zero-order valence-corrected chi connectivity index (χ0v) is 10.3. The SMILES string of the molecule is CCCC(N)c1nc(-c2ccccc2)nn1C. The van der Waals surface area contributed by atoms with Crippen LogP contribution in [0.1, 0.15) is 31.6 Å². The van der Waals surface area contributed by atoms with Gasteiger partial charge >= 0.3 is 0 Å². The maximum Gasteiger partial charge on any atom is 0.181 e. The lowest BCUT2D eigenvalue weighted by molar-refractivity contribution is 0.561. The number of nitrogens with zero attached hydrogens (tertiary/aromatic N) is 3. The van der Waals surface area contributed by atoms with E-state index in [0.717, 1.165) is 30.1 Å². The fourth-order valence-electron chi connectivity index (χ4n) is 1.87. The summed E-state index contributed by atoms with van der Waals surface area (Å²) < 4.78 is 1.78. The first-order valence-electron chi connectivity index (χ1n) is 5.94. The molecule has 0 aliphatic rings. The number of aromatic nitrogens is 3. The van der Waals surface area contributed by atoms with Crippen molar-refractivity contribution in [2.75, 3.05) is 0 Å². The van der Waals surface area contributed by atoms with Crippen molar-refractivity contribution in [1.29, 1.82) is 0 Å². The largest absolute Gasteiger partial charge is 0.321 e. The Labute approximate surface area is 101 Å². The molecule has 2 rings (SSSR count). The summed E-state index contributed by atoms with van der Waals surface area (Å²) in [4.78, 5) is 4.53. The van der Waals surface area contributed by atoms with E-state index in [-0.39, 0.29) is 6.04 Å². The monoisotopic (exact) mass is 230 g/mol. The Morgan fingerprint density at radius 3 is 2.65 bits per heavy atom. The Balaban J connectivity index is 2.31. The quantitative estimate of drug-likeness (QED) is 0.876. The second kappa shape index (κ2) is 5.10. The fraction of sp³-hybridized carbons (Fsp3) is 0.385. The van der Waals surface area contributed by atoms with Crippen molar-refractivity contribution < 1.29 is 0 Å². The van der Waals surface area contributed by atoms with Gasteiger partial charge in [0.2, 0.25) is 0 Å². The normalized spacial score (nSPS) is 12.6. The molecule has 0 fully saturated rings. The van der Waals surface area contributed by atoms with E-state index in [9.17, 15) is 0 Å². The van der Waals surface area contributed by atoms with E-state index in [4.69, 9.17) is 5.73 Å². The molecule has 0 aliphatic heterocycles. The van der Waals surface area contributed by atoms with Gasteiger partial charge in [-0.3, -0.25) is 4.68 Å². The third-order valence-corrected chi connectivity index (χ3v) is 2.76. The van der Waals surface area contributed by atoms with Gasteiger partial charge in [0.1, 0.15) is 5.82 Å². The van der Waals surface area contributed by atoms with Crippen LogP contribution in [0.25, 0.3) is 11.4 Å². The minimum atomic E-state index is -0.0324.